The van der Waals surface area contributed by atoms with Crippen molar-refractivity contribution in [2.45, 2.75) is 32.4 Å². The average molecular weight is 250 g/mol. The predicted octanol–water partition coefficient (Wildman–Crippen LogP) is 1.21. The normalized spacial score (nSPS) is 15.8. The highest BCUT2D eigenvalue weighted by molar-refractivity contribution is 5.82. The number of aliphatic hydroxyl groups excluding tert-OH is 1. The van der Waals surface area contributed by atoms with E-state index >= 15 is 0 Å². The minimum Gasteiger partial charge on any atom is -0.394 e. The van der Waals surface area contributed by atoms with Gasteiger partial charge < -0.3 is 16.2 Å². The van der Waals surface area contributed by atoms with Gasteiger partial charge in [-0.2, -0.15) is 0 Å². The highest BCUT2D eigenvalue weighted by atomic mass is 16.3. The zero-order valence-corrected chi connectivity index (χ0v) is 11.0. The van der Waals surface area contributed by atoms with E-state index in [1.54, 1.807) is 0 Å². The molecule has 0 aliphatic carbocycles. The van der Waals surface area contributed by atoms with Crippen molar-refractivity contribution in [3.8, 4) is 0 Å². The third-order valence-electron chi connectivity index (χ3n) is 3.26. The molecule has 0 bridgehead atoms. The molecule has 1 amide bonds. The Morgan fingerprint density at radius 3 is 2.50 bits per heavy atom. The van der Waals surface area contributed by atoms with E-state index in [0.29, 0.717) is 0 Å². The molecule has 0 radical (unpaired) electrons. The third-order valence-corrected chi connectivity index (χ3v) is 3.26. The molecule has 0 saturated heterocycles. The van der Waals surface area contributed by atoms with Crippen LogP contribution in [0.4, 0.5) is 0 Å². The zero-order chi connectivity index (χ0) is 13.5. The average Bonchev–Trinajstić information content (AvgIpc) is 2.43. The lowest BCUT2D eigenvalue weighted by atomic mass is 9.98. The summed E-state index contributed by atoms with van der Waals surface area (Å²) in [6, 6.07) is 8.45. The monoisotopic (exact) mass is 250 g/mol. The molecule has 0 heterocycles. The Balaban J connectivity index is 2.67. The van der Waals surface area contributed by atoms with Gasteiger partial charge in [-0.25, -0.2) is 0 Å². The summed E-state index contributed by atoms with van der Waals surface area (Å²) in [6.07, 6.45) is 0.851. The van der Waals surface area contributed by atoms with Gasteiger partial charge in [-0.15, -0.1) is 0 Å². The van der Waals surface area contributed by atoms with Crippen LogP contribution in [0.5, 0.6) is 0 Å². The molecule has 0 aromatic heterocycles. The van der Waals surface area contributed by atoms with Crippen molar-refractivity contribution in [2.24, 2.45) is 11.7 Å². The number of hydrogen-bond acceptors (Lipinski definition) is 3. The third kappa shape index (κ3) is 3.82. The number of amides is 1. The van der Waals surface area contributed by atoms with E-state index < -0.39 is 12.1 Å². The Labute approximate surface area is 108 Å². The number of rotatable bonds is 6. The van der Waals surface area contributed by atoms with Crippen LogP contribution in [0.2, 0.25) is 0 Å². The van der Waals surface area contributed by atoms with Gasteiger partial charge in [0.2, 0.25) is 5.91 Å². The molecule has 18 heavy (non-hydrogen) atoms. The first-order valence-corrected chi connectivity index (χ1v) is 6.31. The van der Waals surface area contributed by atoms with Crippen molar-refractivity contribution in [1.82, 2.24) is 5.32 Å². The minimum absolute atomic E-state index is 0.125. The Bertz CT molecular complexity index is 367. The lowest BCUT2D eigenvalue weighted by molar-refractivity contribution is -0.124. The number of hydrogen-bond donors (Lipinski definition) is 3. The van der Waals surface area contributed by atoms with Crippen LogP contribution in [0.3, 0.4) is 0 Å². The van der Waals surface area contributed by atoms with E-state index in [-0.39, 0.29) is 18.4 Å². The first-order chi connectivity index (χ1) is 8.60. The molecule has 3 atom stereocenters. The summed E-state index contributed by atoms with van der Waals surface area (Å²) < 4.78 is 0. The molecule has 0 fully saturated rings. The van der Waals surface area contributed by atoms with E-state index in [9.17, 15) is 9.90 Å². The second kappa shape index (κ2) is 7.13. The molecule has 4 N–H and O–H groups in total. The lowest BCUT2D eigenvalue weighted by Crippen LogP contribution is -2.46. The molecule has 0 spiro atoms. The summed E-state index contributed by atoms with van der Waals surface area (Å²) in [5.74, 6) is -0.0904. The Kier molecular flexibility index (Phi) is 5.82. The van der Waals surface area contributed by atoms with Crippen molar-refractivity contribution in [3.05, 3.63) is 35.9 Å². The summed E-state index contributed by atoms with van der Waals surface area (Å²) in [5.41, 5.74) is 6.74. The molecular formula is C14H22N2O2. The van der Waals surface area contributed by atoms with E-state index in [2.05, 4.69) is 5.32 Å². The topological polar surface area (TPSA) is 75.4 Å². The van der Waals surface area contributed by atoms with Crippen LogP contribution < -0.4 is 11.1 Å². The first kappa shape index (κ1) is 14.7. The number of benzene rings is 1. The fourth-order valence-corrected chi connectivity index (χ4v) is 1.70. The number of nitrogens with one attached hydrogen (secondary N) is 1. The van der Waals surface area contributed by atoms with E-state index in [4.69, 9.17) is 5.73 Å². The summed E-state index contributed by atoms with van der Waals surface area (Å²) in [6.45, 7) is 3.81. The van der Waals surface area contributed by atoms with Crippen LogP contribution in [0.25, 0.3) is 0 Å². The largest absolute Gasteiger partial charge is 0.394 e. The highest BCUT2D eigenvalue weighted by Crippen LogP contribution is 2.13. The fraction of sp³-hybridized carbons (Fsp3) is 0.500. The number of carbonyl (C=O) groups excluding carboxylic acids is 1. The predicted molar refractivity (Wildman–Crippen MR) is 71.8 cm³/mol. The summed E-state index contributed by atoms with van der Waals surface area (Å²) >= 11 is 0. The first-order valence-electron chi connectivity index (χ1n) is 6.31. The number of aliphatic hydroxyl groups is 1. The number of nitrogens with two attached hydrogens (primary N) is 1. The van der Waals surface area contributed by atoms with Crippen molar-refractivity contribution in [2.75, 3.05) is 6.61 Å². The van der Waals surface area contributed by atoms with Crippen LogP contribution in [-0.2, 0) is 4.79 Å². The molecule has 0 aliphatic heterocycles. The SMILES string of the molecule is CC[C@H](C)[C@H](N)C(=O)N[C@H](CO)c1ccccc1. The van der Waals surface area contributed by atoms with Crippen LogP contribution >= 0.6 is 0 Å². The molecule has 4 heteroatoms. The Morgan fingerprint density at radius 1 is 1.39 bits per heavy atom. The molecule has 0 unspecified atom stereocenters. The van der Waals surface area contributed by atoms with Gasteiger partial charge in [0.15, 0.2) is 0 Å². The fourth-order valence-electron chi connectivity index (χ4n) is 1.70. The molecule has 1 aromatic carbocycles. The molecule has 0 aliphatic rings. The lowest BCUT2D eigenvalue weighted by Gasteiger charge is -2.22. The smallest absolute Gasteiger partial charge is 0.237 e. The van der Waals surface area contributed by atoms with Crippen LogP contribution in [0.15, 0.2) is 30.3 Å². The summed E-state index contributed by atoms with van der Waals surface area (Å²) in [7, 11) is 0. The Morgan fingerprint density at radius 2 is 2.00 bits per heavy atom. The second-order valence-corrected chi connectivity index (χ2v) is 4.57. The molecular weight excluding hydrogens is 228 g/mol. The Hall–Kier alpha value is -1.39. The molecule has 0 saturated carbocycles. The second-order valence-electron chi connectivity index (χ2n) is 4.57. The van der Waals surface area contributed by atoms with Crippen molar-refractivity contribution >= 4 is 5.91 Å². The molecule has 100 valence electrons. The zero-order valence-electron chi connectivity index (χ0n) is 11.0. The molecule has 1 rings (SSSR count). The van der Waals surface area contributed by atoms with Gasteiger partial charge in [0.1, 0.15) is 0 Å². The van der Waals surface area contributed by atoms with Crippen LogP contribution in [-0.4, -0.2) is 23.7 Å². The van der Waals surface area contributed by atoms with Gasteiger partial charge in [0.25, 0.3) is 0 Å². The standard InChI is InChI=1S/C14H22N2O2/c1-3-10(2)13(15)14(18)16-12(9-17)11-7-5-4-6-8-11/h4-8,10,12-13,17H,3,9,15H2,1-2H3,(H,16,18)/t10-,12+,13-/m0/s1. The quantitative estimate of drug-likeness (QED) is 0.710. The van der Waals surface area contributed by atoms with Crippen LogP contribution in [0, 0.1) is 5.92 Å². The van der Waals surface area contributed by atoms with Gasteiger partial charge in [-0.1, -0.05) is 50.6 Å². The molecule has 1 aromatic rings. The van der Waals surface area contributed by atoms with Gasteiger partial charge >= 0.3 is 0 Å². The van der Waals surface area contributed by atoms with E-state index in [0.717, 1.165) is 12.0 Å². The van der Waals surface area contributed by atoms with Gasteiger partial charge in [-0.05, 0) is 11.5 Å². The summed E-state index contributed by atoms with van der Waals surface area (Å²) in [4.78, 5) is 11.9. The van der Waals surface area contributed by atoms with E-state index in [1.165, 1.54) is 0 Å². The molecule has 4 nitrogen and oxygen atoms in total. The maximum atomic E-state index is 11.9. The maximum Gasteiger partial charge on any atom is 0.237 e. The van der Waals surface area contributed by atoms with Crippen molar-refractivity contribution < 1.29 is 9.90 Å². The van der Waals surface area contributed by atoms with Gasteiger partial charge in [0, 0.05) is 0 Å². The van der Waals surface area contributed by atoms with E-state index in [1.807, 2.05) is 44.2 Å². The highest BCUT2D eigenvalue weighted by Gasteiger charge is 2.22. The summed E-state index contributed by atoms with van der Waals surface area (Å²) in [5, 5.41) is 12.1. The minimum atomic E-state index is -0.534. The van der Waals surface area contributed by atoms with Crippen molar-refractivity contribution in [3.63, 3.8) is 0 Å². The van der Waals surface area contributed by atoms with Gasteiger partial charge in [0.05, 0.1) is 18.7 Å². The van der Waals surface area contributed by atoms with Crippen LogP contribution in [0.1, 0.15) is 31.9 Å². The number of carbonyl (C=O) groups is 1. The van der Waals surface area contributed by atoms with Crippen molar-refractivity contribution in [1.29, 1.82) is 0 Å². The maximum absolute atomic E-state index is 11.9. The van der Waals surface area contributed by atoms with Gasteiger partial charge in [-0.3, -0.25) is 4.79 Å².